The molecule has 0 spiro atoms. The molecule has 0 radical (unpaired) electrons. The van der Waals surface area contributed by atoms with Crippen molar-refractivity contribution in [2.45, 2.75) is 13.0 Å². The minimum Gasteiger partial charge on any atom is -0.320 e. The van der Waals surface area contributed by atoms with Crippen molar-refractivity contribution in [1.29, 1.82) is 0 Å². The van der Waals surface area contributed by atoms with Gasteiger partial charge in [0.05, 0.1) is 6.04 Å². The van der Waals surface area contributed by atoms with Crippen LogP contribution in [-0.4, -0.2) is 0 Å². The molecule has 1 nitrogen and oxygen atoms in total. The second-order valence-electron chi connectivity index (χ2n) is 4.10. The lowest BCUT2D eigenvalue weighted by atomic mass is 9.96. The highest BCUT2D eigenvalue weighted by atomic mass is 79.9. The minimum atomic E-state index is -0.284. The number of benzene rings is 2. The molecule has 2 aromatic carbocycles. The number of hydrogen-bond acceptors (Lipinski definition) is 1. The van der Waals surface area contributed by atoms with E-state index in [0.29, 0.717) is 10.0 Å². The number of rotatable bonds is 2. The monoisotopic (exact) mass is 343 g/mol. The summed E-state index contributed by atoms with van der Waals surface area (Å²) in [5.41, 5.74) is 9.28. The molecule has 0 aliphatic heterocycles. The largest absolute Gasteiger partial charge is 0.320 e. The van der Waals surface area contributed by atoms with Crippen molar-refractivity contribution in [3.8, 4) is 0 Å². The topological polar surface area (TPSA) is 26.0 Å². The average Bonchev–Trinajstić information content (AvgIpc) is 2.35. The van der Waals surface area contributed by atoms with E-state index < -0.39 is 0 Å². The van der Waals surface area contributed by atoms with Gasteiger partial charge in [-0.3, -0.25) is 0 Å². The van der Waals surface area contributed by atoms with Crippen LogP contribution in [0.15, 0.2) is 40.9 Å². The van der Waals surface area contributed by atoms with Gasteiger partial charge < -0.3 is 5.73 Å². The SMILES string of the molecule is Cc1c(Br)cccc1C(N)c1cc(Cl)ccc1Cl. The molecule has 0 aliphatic carbocycles. The fourth-order valence-corrected chi connectivity index (χ4v) is 2.68. The fraction of sp³-hybridized carbons (Fsp3) is 0.143. The average molecular weight is 345 g/mol. The van der Waals surface area contributed by atoms with Gasteiger partial charge in [-0.15, -0.1) is 0 Å². The van der Waals surface area contributed by atoms with Crippen LogP contribution in [-0.2, 0) is 0 Å². The summed E-state index contributed by atoms with van der Waals surface area (Å²) < 4.78 is 1.04. The third kappa shape index (κ3) is 2.72. The second-order valence-corrected chi connectivity index (χ2v) is 5.80. The van der Waals surface area contributed by atoms with Crippen LogP contribution >= 0.6 is 39.1 Å². The van der Waals surface area contributed by atoms with Crippen molar-refractivity contribution in [2.75, 3.05) is 0 Å². The molecule has 0 bridgehead atoms. The Bertz CT molecular complexity index is 582. The number of nitrogens with two attached hydrogens (primary N) is 1. The highest BCUT2D eigenvalue weighted by Crippen LogP contribution is 2.32. The molecule has 2 rings (SSSR count). The molecule has 1 atom stereocenters. The summed E-state index contributed by atoms with van der Waals surface area (Å²) in [6.45, 7) is 2.03. The van der Waals surface area contributed by atoms with Crippen molar-refractivity contribution in [2.24, 2.45) is 5.73 Å². The Morgan fingerprint density at radius 3 is 2.56 bits per heavy atom. The van der Waals surface area contributed by atoms with Crippen LogP contribution in [0.25, 0.3) is 0 Å². The van der Waals surface area contributed by atoms with Gasteiger partial charge in [0.25, 0.3) is 0 Å². The maximum atomic E-state index is 6.29. The molecule has 0 saturated heterocycles. The zero-order valence-corrected chi connectivity index (χ0v) is 12.9. The van der Waals surface area contributed by atoms with E-state index in [0.717, 1.165) is 21.2 Å². The molecule has 0 aliphatic rings. The maximum absolute atomic E-state index is 6.29. The van der Waals surface area contributed by atoms with Gasteiger partial charge in [-0.05, 0) is 47.9 Å². The van der Waals surface area contributed by atoms with E-state index in [4.69, 9.17) is 28.9 Å². The Morgan fingerprint density at radius 2 is 1.83 bits per heavy atom. The third-order valence-corrected chi connectivity index (χ3v) is 4.38. The summed E-state index contributed by atoms with van der Waals surface area (Å²) in [6, 6.07) is 11.0. The summed E-state index contributed by atoms with van der Waals surface area (Å²) in [7, 11) is 0. The molecule has 0 aromatic heterocycles. The number of halogens is 3. The summed E-state index contributed by atoms with van der Waals surface area (Å²) in [4.78, 5) is 0. The third-order valence-electron chi connectivity index (χ3n) is 2.94. The van der Waals surface area contributed by atoms with Crippen molar-refractivity contribution in [3.63, 3.8) is 0 Å². The molecule has 94 valence electrons. The molecule has 0 heterocycles. The van der Waals surface area contributed by atoms with Crippen molar-refractivity contribution in [3.05, 3.63) is 67.6 Å². The van der Waals surface area contributed by atoms with Gasteiger partial charge in [-0.25, -0.2) is 0 Å². The van der Waals surface area contributed by atoms with Crippen LogP contribution in [0.3, 0.4) is 0 Å². The Kier molecular flexibility index (Phi) is 4.33. The van der Waals surface area contributed by atoms with E-state index in [-0.39, 0.29) is 6.04 Å². The molecular formula is C14H12BrCl2N. The van der Waals surface area contributed by atoms with Crippen molar-refractivity contribution < 1.29 is 0 Å². The van der Waals surface area contributed by atoms with Gasteiger partial charge in [0, 0.05) is 14.5 Å². The predicted octanol–water partition coefficient (Wildman–Crippen LogP) is 5.11. The summed E-state index contributed by atoms with van der Waals surface area (Å²) in [5, 5.41) is 1.27. The Hall–Kier alpha value is -0.540. The molecule has 18 heavy (non-hydrogen) atoms. The lowest BCUT2D eigenvalue weighted by Gasteiger charge is -2.17. The summed E-state index contributed by atoms with van der Waals surface area (Å²) in [6.07, 6.45) is 0. The lowest BCUT2D eigenvalue weighted by Crippen LogP contribution is -2.14. The molecule has 2 N–H and O–H groups in total. The standard InChI is InChI=1S/C14H12BrCl2N/c1-8-10(3-2-4-12(8)15)14(18)11-7-9(16)5-6-13(11)17/h2-7,14H,18H2,1H3. The molecule has 0 amide bonds. The van der Waals surface area contributed by atoms with E-state index >= 15 is 0 Å². The van der Waals surface area contributed by atoms with Gasteiger partial charge in [0.1, 0.15) is 0 Å². The first kappa shape index (κ1) is 13.9. The van der Waals surface area contributed by atoms with Crippen molar-refractivity contribution in [1.82, 2.24) is 0 Å². The Labute approximate surface area is 125 Å². The molecule has 1 unspecified atom stereocenters. The fourth-order valence-electron chi connectivity index (χ4n) is 1.88. The van der Waals surface area contributed by atoms with E-state index in [9.17, 15) is 0 Å². The van der Waals surface area contributed by atoms with Crippen LogP contribution in [0.2, 0.25) is 10.0 Å². The summed E-state index contributed by atoms with van der Waals surface area (Å²) in [5.74, 6) is 0. The smallest absolute Gasteiger partial charge is 0.0569 e. The molecule has 0 saturated carbocycles. The first-order valence-electron chi connectivity index (χ1n) is 5.46. The maximum Gasteiger partial charge on any atom is 0.0569 e. The summed E-state index contributed by atoms with van der Waals surface area (Å²) >= 11 is 15.7. The zero-order valence-electron chi connectivity index (χ0n) is 9.75. The second kappa shape index (κ2) is 5.62. The van der Waals surface area contributed by atoms with Gasteiger partial charge in [-0.2, -0.15) is 0 Å². The Morgan fingerprint density at radius 1 is 1.11 bits per heavy atom. The zero-order chi connectivity index (χ0) is 13.3. The van der Waals surface area contributed by atoms with E-state index in [1.807, 2.05) is 31.2 Å². The van der Waals surface area contributed by atoms with Gasteiger partial charge in [-0.1, -0.05) is 51.3 Å². The molecule has 0 fully saturated rings. The van der Waals surface area contributed by atoms with Crippen LogP contribution in [0.5, 0.6) is 0 Å². The first-order valence-corrected chi connectivity index (χ1v) is 7.01. The van der Waals surface area contributed by atoms with Crippen LogP contribution in [0.4, 0.5) is 0 Å². The predicted molar refractivity (Wildman–Crippen MR) is 81.4 cm³/mol. The first-order chi connectivity index (χ1) is 8.50. The van der Waals surface area contributed by atoms with Gasteiger partial charge in [0.2, 0.25) is 0 Å². The minimum absolute atomic E-state index is 0.284. The van der Waals surface area contributed by atoms with Crippen molar-refractivity contribution >= 4 is 39.1 Å². The van der Waals surface area contributed by atoms with Gasteiger partial charge in [0.15, 0.2) is 0 Å². The molecular weight excluding hydrogens is 333 g/mol. The van der Waals surface area contributed by atoms with E-state index in [1.165, 1.54) is 0 Å². The van der Waals surface area contributed by atoms with E-state index in [2.05, 4.69) is 15.9 Å². The van der Waals surface area contributed by atoms with E-state index in [1.54, 1.807) is 12.1 Å². The quantitative estimate of drug-likeness (QED) is 0.804. The Balaban J connectivity index is 2.51. The lowest BCUT2D eigenvalue weighted by molar-refractivity contribution is 0.860. The van der Waals surface area contributed by atoms with Crippen LogP contribution in [0.1, 0.15) is 22.7 Å². The normalized spacial score (nSPS) is 12.5. The number of hydrogen-bond donors (Lipinski definition) is 1. The highest BCUT2D eigenvalue weighted by Gasteiger charge is 2.15. The molecule has 2 aromatic rings. The molecule has 4 heteroatoms. The van der Waals surface area contributed by atoms with Crippen LogP contribution < -0.4 is 5.73 Å². The van der Waals surface area contributed by atoms with Crippen LogP contribution in [0, 0.1) is 6.92 Å². The van der Waals surface area contributed by atoms with Gasteiger partial charge >= 0.3 is 0 Å². The highest BCUT2D eigenvalue weighted by molar-refractivity contribution is 9.10.